The Labute approximate surface area is 148 Å². The van der Waals surface area contributed by atoms with Crippen molar-refractivity contribution in [2.75, 3.05) is 10.0 Å². The van der Waals surface area contributed by atoms with E-state index in [9.17, 15) is 17.2 Å². The molecule has 0 aliphatic carbocycles. The second kappa shape index (κ2) is 7.51. The van der Waals surface area contributed by atoms with Crippen LogP contribution in [0.2, 0.25) is 5.02 Å². The van der Waals surface area contributed by atoms with Crippen molar-refractivity contribution in [2.45, 2.75) is 6.92 Å². The number of nitrogens with zero attached hydrogens (tertiary/aromatic N) is 1. The summed E-state index contributed by atoms with van der Waals surface area (Å²) in [5.41, 5.74) is 0.171. The minimum absolute atomic E-state index is 0.0718. The molecule has 25 heavy (non-hydrogen) atoms. The Morgan fingerprint density at radius 3 is 2.52 bits per heavy atom. The van der Waals surface area contributed by atoms with Crippen LogP contribution >= 0.6 is 11.6 Å². The summed E-state index contributed by atoms with van der Waals surface area (Å²) in [7, 11) is -4.03. The molecule has 0 unspecified atom stereocenters. The molecule has 0 saturated heterocycles. The van der Waals surface area contributed by atoms with E-state index in [0.29, 0.717) is 5.69 Å². The summed E-state index contributed by atoms with van der Waals surface area (Å²) < 4.78 is 53.4. The van der Waals surface area contributed by atoms with Crippen molar-refractivity contribution in [3.8, 4) is 6.07 Å². The number of nitriles is 1. The zero-order valence-corrected chi connectivity index (χ0v) is 14.4. The number of benzene rings is 2. The second-order valence-electron chi connectivity index (χ2n) is 4.94. The van der Waals surface area contributed by atoms with Gasteiger partial charge in [-0.25, -0.2) is 17.2 Å². The molecule has 2 aromatic rings. The normalized spacial score (nSPS) is 11.7. The summed E-state index contributed by atoms with van der Waals surface area (Å²) >= 11 is 5.64. The van der Waals surface area contributed by atoms with E-state index >= 15 is 0 Å². The summed E-state index contributed by atoms with van der Waals surface area (Å²) in [5.74, 6) is -1.47. The van der Waals surface area contributed by atoms with Crippen LogP contribution in [0, 0.1) is 23.0 Å². The molecule has 5 nitrogen and oxygen atoms in total. The lowest BCUT2D eigenvalue weighted by Crippen LogP contribution is -2.15. The molecule has 2 N–H and O–H groups in total. The number of anilines is 2. The Bertz CT molecular complexity index is 985. The molecule has 2 rings (SSSR count). The largest absolute Gasteiger partial charge is 0.361 e. The first-order valence-corrected chi connectivity index (χ1v) is 8.70. The fourth-order valence-electron chi connectivity index (χ4n) is 1.74. The summed E-state index contributed by atoms with van der Waals surface area (Å²) in [6, 6.07) is 8.93. The van der Waals surface area contributed by atoms with Crippen LogP contribution in [-0.4, -0.2) is 8.42 Å². The molecule has 9 heteroatoms. The highest BCUT2D eigenvalue weighted by molar-refractivity contribution is 7.96. The molecule has 130 valence electrons. The average molecular weight is 384 g/mol. The van der Waals surface area contributed by atoms with Gasteiger partial charge in [-0.05, 0) is 43.3 Å². The Morgan fingerprint density at radius 1 is 1.20 bits per heavy atom. The van der Waals surface area contributed by atoms with E-state index in [0.717, 1.165) is 24.4 Å². The number of halogens is 3. The lowest BCUT2D eigenvalue weighted by molar-refractivity contribution is 0.603. The molecule has 0 heterocycles. The molecule has 0 bridgehead atoms. The summed E-state index contributed by atoms with van der Waals surface area (Å²) in [5, 5.41) is 11.2. The summed E-state index contributed by atoms with van der Waals surface area (Å²) in [4.78, 5) is -0.142. The molecule has 0 aliphatic heterocycles. The van der Waals surface area contributed by atoms with Crippen LogP contribution in [0.4, 0.5) is 20.2 Å². The van der Waals surface area contributed by atoms with Crippen molar-refractivity contribution in [3.05, 3.63) is 69.7 Å². The zero-order chi connectivity index (χ0) is 18.6. The fraction of sp³-hybridized carbons (Fsp3) is 0.0625. The van der Waals surface area contributed by atoms with Crippen molar-refractivity contribution in [3.63, 3.8) is 0 Å². The topological polar surface area (TPSA) is 82.0 Å². The first-order chi connectivity index (χ1) is 11.7. The zero-order valence-electron chi connectivity index (χ0n) is 12.8. The Balaban J connectivity index is 2.17. The Kier molecular flexibility index (Phi) is 5.62. The SMILES string of the molecule is C/C(=C\Nc1ccc(F)c(Cl)c1)S(=O)(=O)Nc1ccc(C#N)cc1F. The lowest BCUT2D eigenvalue weighted by Gasteiger charge is -2.10. The van der Waals surface area contributed by atoms with Crippen molar-refractivity contribution in [1.82, 2.24) is 0 Å². The van der Waals surface area contributed by atoms with Gasteiger partial charge in [0.15, 0.2) is 0 Å². The van der Waals surface area contributed by atoms with Gasteiger partial charge in [-0.3, -0.25) is 4.72 Å². The first-order valence-electron chi connectivity index (χ1n) is 6.84. The van der Waals surface area contributed by atoms with Crippen LogP contribution < -0.4 is 10.0 Å². The van der Waals surface area contributed by atoms with E-state index in [4.69, 9.17) is 16.9 Å². The molecule has 2 aromatic carbocycles. The fourth-order valence-corrected chi connectivity index (χ4v) is 2.75. The molecular weight excluding hydrogens is 372 g/mol. The molecule has 0 radical (unpaired) electrons. The van der Waals surface area contributed by atoms with Crippen LogP contribution in [0.5, 0.6) is 0 Å². The van der Waals surface area contributed by atoms with Crippen LogP contribution in [0.1, 0.15) is 12.5 Å². The molecule has 0 atom stereocenters. The van der Waals surface area contributed by atoms with Gasteiger partial charge in [0, 0.05) is 11.9 Å². The van der Waals surface area contributed by atoms with E-state index in [2.05, 4.69) is 10.0 Å². The van der Waals surface area contributed by atoms with Gasteiger partial charge < -0.3 is 5.32 Å². The second-order valence-corrected chi connectivity index (χ2v) is 7.20. The van der Waals surface area contributed by atoms with Gasteiger partial charge in [0.05, 0.1) is 27.2 Å². The minimum atomic E-state index is -4.03. The minimum Gasteiger partial charge on any atom is -0.361 e. The third kappa shape index (κ3) is 4.68. The van der Waals surface area contributed by atoms with Crippen LogP contribution in [-0.2, 0) is 10.0 Å². The maximum absolute atomic E-state index is 13.8. The van der Waals surface area contributed by atoms with Gasteiger partial charge in [0.25, 0.3) is 10.0 Å². The third-order valence-electron chi connectivity index (χ3n) is 3.13. The lowest BCUT2D eigenvalue weighted by atomic mass is 10.2. The smallest absolute Gasteiger partial charge is 0.259 e. The molecular formula is C16H12ClF2N3O2S. The van der Waals surface area contributed by atoms with Gasteiger partial charge >= 0.3 is 0 Å². The van der Waals surface area contributed by atoms with Crippen molar-refractivity contribution >= 4 is 33.0 Å². The van der Waals surface area contributed by atoms with Gasteiger partial charge in [-0.1, -0.05) is 11.6 Å². The van der Waals surface area contributed by atoms with Gasteiger partial charge in [-0.15, -0.1) is 0 Å². The standard InChI is InChI=1S/C16H12ClF2N3O2S/c1-10(9-21-12-3-4-14(18)13(17)7-12)25(23,24)22-16-5-2-11(8-20)6-15(16)19/h2-7,9,21-22H,1H3/b10-9+. The van der Waals surface area contributed by atoms with Gasteiger partial charge in [0.2, 0.25) is 0 Å². The number of hydrogen-bond acceptors (Lipinski definition) is 4. The molecule has 0 aliphatic rings. The maximum Gasteiger partial charge on any atom is 0.259 e. The van der Waals surface area contributed by atoms with Crippen LogP contribution in [0.25, 0.3) is 0 Å². The predicted octanol–water partition coefficient (Wildman–Crippen LogP) is 4.20. The van der Waals surface area contributed by atoms with E-state index in [1.807, 2.05) is 0 Å². The highest BCUT2D eigenvalue weighted by Gasteiger charge is 2.16. The monoisotopic (exact) mass is 383 g/mol. The van der Waals surface area contributed by atoms with Crippen LogP contribution in [0.3, 0.4) is 0 Å². The predicted molar refractivity (Wildman–Crippen MR) is 92.4 cm³/mol. The Hall–Kier alpha value is -2.63. The molecule has 0 spiro atoms. The highest BCUT2D eigenvalue weighted by atomic mass is 35.5. The molecule has 0 saturated carbocycles. The summed E-state index contributed by atoms with van der Waals surface area (Å²) in [6.45, 7) is 1.29. The van der Waals surface area contributed by atoms with E-state index < -0.39 is 21.7 Å². The summed E-state index contributed by atoms with van der Waals surface area (Å²) in [6.07, 6.45) is 1.16. The van der Waals surface area contributed by atoms with Gasteiger partial charge in [0.1, 0.15) is 11.6 Å². The molecule has 0 aromatic heterocycles. The number of rotatable bonds is 5. The maximum atomic E-state index is 13.8. The number of sulfonamides is 1. The van der Waals surface area contributed by atoms with Crippen LogP contribution in [0.15, 0.2) is 47.5 Å². The molecule has 0 amide bonds. The van der Waals surface area contributed by atoms with E-state index in [1.54, 1.807) is 6.07 Å². The number of nitrogens with one attached hydrogen (secondary N) is 2. The van der Waals surface area contributed by atoms with Gasteiger partial charge in [-0.2, -0.15) is 5.26 Å². The first kappa shape index (κ1) is 18.7. The van der Waals surface area contributed by atoms with E-state index in [1.165, 1.54) is 25.1 Å². The van der Waals surface area contributed by atoms with E-state index in [-0.39, 0.29) is 21.2 Å². The van der Waals surface area contributed by atoms with Crippen molar-refractivity contribution < 1.29 is 17.2 Å². The Morgan fingerprint density at radius 2 is 1.92 bits per heavy atom. The molecule has 0 fully saturated rings. The number of allylic oxidation sites excluding steroid dienone is 1. The quantitative estimate of drug-likeness (QED) is 0.810. The third-order valence-corrected chi connectivity index (χ3v) is 4.87. The highest BCUT2D eigenvalue weighted by Crippen LogP contribution is 2.21. The average Bonchev–Trinajstić information content (AvgIpc) is 2.57. The number of hydrogen-bond donors (Lipinski definition) is 2. The van der Waals surface area contributed by atoms with Crippen molar-refractivity contribution in [2.24, 2.45) is 0 Å². The van der Waals surface area contributed by atoms with Crippen molar-refractivity contribution in [1.29, 1.82) is 5.26 Å².